The summed E-state index contributed by atoms with van der Waals surface area (Å²) < 4.78 is 48.7. The van der Waals surface area contributed by atoms with Gasteiger partial charge in [0.2, 0.25) is 0 Å². The standard InChI is InChI=1S/C9H18F2N2O2S/c10-9(11)16(14,15)13(7-6-12)8-4-2-1-3-5-8/h8-9H,1-7,12H2. The summed E-state index contributed by atoms with van der Waals surface area (Å²) in [7, 11) is -4.48. The van der Waals surface area contributed by atoms with Gasteiger partial charge in [0, 0.05) is 19.1 Å². The van der Waals surface area contributed by atoms with Crippen molar-refractivity contribution in [1.82, 2.24) is 4.31 Å². The number of alkyl halides is 2. The van der Waals surface area contributed by atoms with Crippen LogP contribution in [0, 0.1) is 0 Å². The molecule has 0 bridgehead atoms. The Morgan fingerprint density at radius 3 is 2.25 bits per heavy atom. The van der Waals surface area contributed by atoms with E-state index in [1.807, 2.05) is 0 Å². The van der Waals surface area contributed by atoms with E-state index < -0.39 is 15.8 Å². The first-order valence-corrected chi connectivity index (χ1v) is 6.99. The first kappa shape index (κ1) is 13.8. The Balaban J connectivity index is 2.80. The molecule has 16 heavy (non-hydrogen) atoms. The van der Waals surface area contributed by atoms with E-state index in [0.29, 0.717) is 12.8 Å². The van der Waals surface area contributed by atoms with E-state index in [1.54, 1.807) is 0 Å². The molecule has 0 aromatic carbocycles. The van der Waals surface area contributed by atoms with E-state index in [9.17, 15) is 17.2 Å². The summed E-state index contributed by atoms with van der Waals surface area (Å²) >= 11 is 0. The molecule has 1 aliphatic rings. The van der Waals surface area contributed by atoms with Gasteiger partial charge in [0.15, 0.2) is 0 Å². The van der Waals surface area contributed by atoms with Gasteiger partial charge in [0.1, 0.15) is 0 Å². The van der Waals surface area contributed by atoms with Crippen molar-refractivity contribution in [3.05, 3.63) is 0 Å². The van der Waals surface area contributed by atoms with Crippen molar-refractivity contribution in [3.8, 4) is 0 Å². The molecule has 0 radical (unpaired) electrons. The highest BCUT2D eigenvalue weighted by atomic mass is 32.2. The third-order valence-corrected chi connectivity index (χ3v) is 4.47. The fraction of sp³-hybridized carbons (Fsp3) is 1.00. The van der Waals surface area contributed by atoms with Gasteiger partial charge in [-0.1, -0.05) is 19.3 Å². The summed E-state index contributed by atoms with van der Waals surface area (Å²) in [6, 6.07) is -0.295. The summed E-state index contributed by atoms with van der Waals surface area (Å²) in [4.78, 5) is 0. The summed E-state index contributed by atoms with van der Waals surface area (Å²) in [5.74, 6) is -3.35. The lowest BCUT2D eigenvalue weighted by molar-refractivity contribution is 0.196. The second-order valence-electron chi connectivity index (χ2n) is 4.00. The van der Waals surface area contributed by atoms with Gasteiger partial charge < -0.3 is 5.73 Å². The van der Waals surface area contributed by atoms with Gasteiger partial charge in [-0.05, 0) is 12.8 Å². The number of halogens is 2. The third-order valence-electron chi connectivity index (χ3n) is 2.88. The maximum Gasteiger partial charge on any atom is 0.350 e. The van der Waals surface area contributed by atoms with Gasteiger partial charge in [0.05, 0.1) is 0 Å². The lowest BCUT2D eigenvalue weighted by atomic mass is 9.95. The first-order chi connectivity index (χ1) is 7.50. The summed E-state index contributed by atoms with van der Waals surface area (Å²) in [6.45, 7) is 0.0553. The van der Waals surface area contributed by atoms with Crippen molar-refractivity contribution < 1.29 is 17.2 Å². The highest BCUT2D eigenvalue weighted by molar-refractivity contribution is 7.89. The van der Waals surface area contributed by atoms with Crippen molar-refractivity contribution in [2.45, 2.75) is 43.9 Å². The minimum absolute atomic E-state index is 0.0165. The van der Waals surface area contributed by atoms with E-state index in [1.165, 1.54) is 0 Å². The molecule has 96 valence electrons. The third kappa shape index (κ3) is 3.11. The van der Waals surface area contributed by atoms with Crippen LogP contribution in [-0.2, 0) is 10.0 Å². The molecule has 0 aromatic rings. The predicted octanol–water partition coefficient (Wildman–Crippen LogP) is 1.13. The van der Waals surface area contributed by atoms with E-state index in [-0.39, 0.29) is 19.1 Å². The number of hydrogen-bond donors (Lipinski definition) is 1. The smallest absolute Gasteiger partial charge is 0.329 e. The summed E-state index contributed by atoms with van der Waals surface area (Å²) in [6.07, 6.45) is 4.15. The second-order valence-corrected chi connectivity index (χ2v) is 5.85. The van der Waals surface area contributed by atoms with Gasteiger partial charge in [0.25, 0.3) is 10.0 Å². The van der Waals surface area contributed by atoms with E-state index in [2.05, 4.69) is 0 Å². The minimum Gasteiger partial charge on any atom is -0.329 e. The second kappa shape index (κ2) is 5.88. The van der Waals surface area contributed by atoms with Crippen LogP contribution in [0.25, 0.3) is 0 Å². The Labute approximate surface area is 94.8 Å². The van der Waals surface area contributed by atoms with Crippen LogP contribution in [0.1, 0.15) is 32.1 Å². The topological polar surface area (TPSA) is 63.4 Å². The quantitative estimate of drug-likeness (QED) is 0.802. The molecule has 1 rings (SSSR count). The van der Waals surface area contributed by atoms with Crippen LogP contribution >= 0.6 is 0 Å². The summed E-state index contributed by atoms with van der Waals surface area (Å²) in [5.41, 5.74) is 5.28. The Hall–Kier alpha value is -0.270. The number of nitrogens with zero attached hydrogens (tertiary/aromatic N) is 1. The predicted molar refractivity (Wildman–Crippen MR) is 57.6 cm³/mol. The van der Waals surface area contributed by atoms with Crippen molar-refractivity contribution >= 4 is 10.0 Å². The van der Waals surface area contributed by atoms with E-state index in [0.717, 1.165) is 23.6 Å². The maximum atomic E-state index is 12.5. The van der Waals surface area contributed by atoms with Crippen molar-refractivity contribution in [3.63, 3.8) is 0 Å². The van der Waals surface area contributed by atoms with E-state index >= 15 is 0 Å². The van der Waals surface area contributed by atoms with Gasteiger partial charge in [-0.3, -0.25) is 0 Å². The fourth-order valence-corrected chi connectivity index (χ4v) is 3.31. The summed E-state index contributed by atoms with van der Waals surface area (Å²) in [5, 5.41) is 0. The largest absolute Gasteiger partial charge is 0.350 e. The SMILES string of the molecule is NCCN(C1CCCCC1)S(=O)(=O)C(F)F. The monoisotopic (exact) mass is 256 g/mol. The minimum atomic E-state index is -4.48. The van der Waals surface area contributed by atoms with E-state index in [4.69, 9.17) is 5.73 Å². The number of hydrogen-bond acceptors (Lipinski definition) is 3. The zero-order valence-corrected chi connectivity index (χ0v) is 9.93. The van der Waals surface area contributed by atoms with Crippen LogP contribution in [-0.4, -0.2) is 37.6 Å². The molecule has 0 saturated heterocycles. The van der Waals surface area contributed by atoms with Crippen LogP contribution in [0.4, 0.5) is 8.78 Å². The van der Waals surface area contributed by atoms with Gasteiger partial charge in [-0.2, -0.15) is 13.1 Å². The van der Waals surface area contributed by atoms with Crippen LogP contribution < -0.4 is 5.73 Å². The van der Waals surface area contributed by atoms with Crippen LogP contribution in [0.15, 0.2) is 0 Å². The molecule has 2 N–H and O–H groups in total. The number of nitrogens with two attached hydrogens (primary N) is 1. The molecule has 1 aliphatic carbocycles. The Bertz CT molecular complexity index is 303. The molecular formula is C9H18F2N2O2S. The highest BCUT2D eigenvalue weighted by Crippen LogP contribution is 2.26. The van der Waals surface area contributed by atoms with Gasteiger partial charge in [-0.15, -0.1) is 0 Å². The molecule has 4 nitrogen and oxygen atoms in total. The molecule has 0 aromatic heterocycles. The number of sulfonamides is 1. The zero-order chi connectivity index (χ0) is 12.2. The molecule has 0 unspecified atom stereocenters. The molecular weight excluding hydrogens is 238 g/mol. The highest BCUT2D eigenvalue weighted by Gasteiger charge is 2.36. The molecule has 0 atom stereocenters. The van der Waals surface area contributed by atoms with Crippen LogP contribution in [0.3, 0.4) is 0 Å². The molecule has 0 heterocycles. The maximum absolute atomic E-state index is 12.5. The lowest BCUT2D eigenvalue weighted by Gasteiger charge is -2.32. The fourth-order valence-electron chi connectivity index (χ4n) is 2.12. The van der Waals surface area contributed by atoms with Gasteiger partial charge >= 0.3 is 5.76 Å². The van der Waals surface area contributed by atoms with Gasteiger partial charge in [-0.25, -0.2) is 8.42 Å². The van der Waals surface area contributed by atoms with Crippen LogP contribution in [0.5, 0.6) is 0 Å². The molecule has 0 aliphatic heterocycles. The molecule has 7 heteroatoms. The molecule has 1 saturated carbocycles. The van der Waals surface area contributed by atoms with Crippen molar-refractivity contribution in [1.29, 1.82) is 0 Å². The molecule has 0 spiro atoms. The van der Waals surface area contributed by atoms with Crippen LogP contribution in [0.2, 0.25) is 0 Å². The zero-order valence-electron chi connectivity index (χ0n) is 9.11. The Kier molecular flexibility index (Phi) is 5.07. The Morgan fingerprint density at radius 1 is 1.25 bits per heavy atom. The average molecular weight is 256 g/mol. The Morgan fingerprint density at radius 2 is 1.81 bits per heavy atom. The van der Waals surface area contributed by atoms with Crippen molar-refractivity contribution in [2.75, 3.05) is 13.1 Å². The molecule has 1 fully saturated rings. The van der Waals surface area contributed by atoms with Crippen molar-refractivity contribution in [2.24, 2.45) is 5.73 Å². The normalized spacial score (nSPS) is 19.6. The first-order valence-electron chi connectivity index (χ1n) is 5.49. The molecule has 0 amide bonds. The lowest BCUT2D eigenvalue weighted by Crippen LogP contribution is -2.46. The average Bonchev–Trinajstić information content (AvgIpc) is 2.26. The number of rotatable bonds is 5.